The van der Waals surface area contributed by atoms with Gasteiger partial charge in [0, 0.05) is 0 Å². The molecular formula is C10H7N3O3S. The number of aromatic nitrogens is 3. The Kier molecular flexibility index (Phi) is 2.02. The molecule has 0 aliphatic heterocycles. The minimum atomic E-state index is -0.724. The number of hydrogen-bond acceptors (Lipinski definition) is 5. The summed E-state index contributed by atoms with van der Waals surface area (Å²) in [4.78, 5) is 23.4. The van der Waals surface area contributed by atoms with Crippen molar-refractivity contribution in [3.05, 3.63) is 38.9 Å². The summed E-state index contributed by atoms with van der Waals surface area (Å²) < 4.78 is 7.25. The third kappa shape index (κ3) is 1.36. The van der Waals surface area contributed by atoms with Crippen molar-refractivity contribution in [2.75, 3.05) is 7.11 Å². The largest absolute Gasteiger partial charge is 0.497 e. The van der Waals surface area contributed by atoms with Crippen LogP contribution < -0.4 is 15.9 Å². The quantitative estimate of drug-likeness (QED) is 0.641. The van der Waals surface area contributed by atoms with E-state index in [-0.39, 0.29) is 0 Å². The highest BCUT2D eigenvalue weighted by molar-refractivity contribution is 7.23. The van der Waals surface area contributed by atoms with Crippen molar-refractivity contribution in [1.82, 2.24) is 14.6 Å². The molecule has 86 valence electrons. The lowest BCUT2D eigenvalue weighted by Gasteiger charge is -1.98. The third-order valence-corrected chi connectivity index (χ3v) is 3.45. The normalized spacial score (nSPS) is 11.1. The predicted molar refractivity (Wildman–Crippen MR) is 64.0 cm³/mol. The lowest BCUT2D eigenvalue weighted by molar-refractivity contribution is 0.415. The number of fused-ring (bicyclic) bond motifs is 3. The molecule has 0 aliphatic rings. The number of aromatic amines is 1. The van der Waals surface area contributed by atoms with E-state index in [1.165, 1.54) is 15.7 Å². The summed E-state index contributed by atoms with van der Waals surface area (Å²) >= 11 is 1.32. The minimum Gasteiger partial charge on any atom is -0.497 e. The summed E-state index contributed by atoms with van der Waals surface area (Å²) in [7, 11) is 1.57. The SMILES string of the molecule is COc1ccc2c(c1)sc1n[nH]c(=O)c(=O)n12. The van der Waals surface area contributed by atoms with Gasteiger partial charge in [0.1, 0.15) is 5.75 Å². The Hall–Kier alpha value is -2.15. The van der Waals surface area contributed by atoms with Gasteiger partial charge in [0.15, 0.2) is 0 Å². The summed E-state index contributed by atoms with van der Waals surface area (Å²) in [6, 6.07) is 5.28. The standard InChI is InChI=1S/C10H7N3O3S/c1-16-5-2-3-6-7(4-5)17-10-12-11-8(14)9(15)13(6)10/h2-4H,1H3,(H,11,14). The molecule has 0 atom stereocenters. The van der Waals surface area contributed by atoms with Gasteiger partial charge in [-0.3, -0.25) is 9.59 Å². The number of H-pyrrole nitrogens is 1. The molecule has 0 bridgehead atoms. The lowest BCUT2D eigenvalue weighted by atomic mass is 10.3. The summed E-state index contributed by atoms with van der Waals surface area (Å²) in [5, 5.41) is 6.01. The van der Waals surface area contributed by atoms with E-state index in [4.69, 9.17) is 4.74 Å². The molecule has 3 aromatic rings. The van der Waals surface area contributed by atoms with Gasteiger partial charge in [-0.15, -0.1) is 5.10 Å². The van der Waals surface area contributed by atoms with E-state index in [9.17, 15) is 9.59 Å². The molecule has 0 fully saturated rings. The maximum Gasteiger partial charge on any atom is 0.330 e. The second-order valence-corrected chi connectivity index (χ2v) is 4.42. The maximum atomic E-state index is 11.7. The van der Waals surface area contributed by atoms with Crippen molar-refractivity contribution >= 4 is 26.5 Å². The second-order valence-electron chi connectivity index (χ2n) is 3.41. The van der Waals surface area contributed by atoms with Crippen LogP contribution in [-0.4, -0.2) is 21.7 Å². The Labute approximate surface area is 98.1 Å². The average molecular weight is 249 g/mol. The highest BCUT2D eigenvalue weighted by Gasteiger charge is 2.10. The molecule has 7 heteroatoms. The molecule has 0 radical (unpaired) electrons. The highest BCUT2D eigenvalue weighted by Crippen LogP contribution is 2.26. The number of thiazole rings is 1. The highest BCUT2D eigenvalue weighted by atomic mass is 32.1. The number of benzene rings is 1. The molecule has 6 nitrogen and oxygen atoms in total. The van der Waals surface area contributed by atoms with Crippen LogP contribution in [0.4, 0.5) is 0 Å². The Morgan fingerprint density at radius 3 is 3.00 bits per heavy atom. The van der Waals surface area contributed by atoms with Crippen LogP contribution in [0.3, 0.4) is 0 Å². The summed E-state index contributed by atoms with van der Waals surface area (Å²) in [6.45, 7) is 0. The van der Waals surface area contributed by atoms with Crippen LogP contribution in [0.5, 0.6) is 5.75 Å². The predicted octanol–water partition coefficient (Wildman–Crippen LogP) is 0.606. The zero-order valence-electron chi connectivity index (χ0n) is 8.76. The van der Waals surface area contributed by atoms with E-state index >= 15 is 0 Å². The van der Waals surface area contributed by atoms with Gasteiger partial charge >= 0.3 is 11.1 Å². The topological polar surface area (TPSA) is 76.5 Å². The van der Waals surface area contributed by atoms with Crippen molar-refractivity contribution in [3.63, 3.8) is 0 Å². The summed E-state index contributed by atoms with van der Waals surface area (Å²) in [5.74, 6) is 0.698. The molecule has 1 N–H and O–H groups in total. The van der Waals surface area contributed by atoms with Gasteiger partial charge in [0.2, 0.25) is 4.96 Å². The summed E-state index contributed by atoms with van der Waals surface area (Å²) in [6.07, 6.45) is 0. The van der Waals surface area contributed by atoms with Crippen LogP contribution in [0.2, 0.25) is 0 Å². The van der Waals surface area contributed by atoms with Crippen LogP contribution in [0.15, 0.2) is 27.8 Å². The zero-order valence-corrected chi connectivity index (χ0v) is 9.58. The number of hydrogen-bond donors (Lipinski definition) is 1. The van der Waals surface area contributed by atoms with Crippen molar-refractivity contribution < 1.29 is 4.74 Å². The molecule has 0 aliphatic carbocycles. The molecular weight excluding hydrogens is 242 g/mol. The Morgan fingerprint density at radius 1 is 1.41 bits per heavy atom. The van der Waals surface area contributed by atoms with Gasteiger partial charge in [0.05, 0.1) is 17.3 Å². The van der Waals surface area contributed by atoms with Gasteiger partial charge < -0.3 is 4.74 Å². The van der Waals surface area contributed by atoms with Gasteiger partial charge in [-0.25, -0.2) is 9.50 Å². The van der Waals surface area contributed by atoms with Gasteiger partial charge in [-0.1, -0.05) is 11.3 Å². The molecule has 3 rings (SSSR count). The van der Waals surface area contributed by atoms with Crippen LogP contribution in [0.1, 0.15) is 0 Å². The smallest absolute Gasteiger partial charge is 0.330 e. The molecule has 17 heavy (non-hydrogen) atoms. The first-order chi connectivity index (χ1) is 8.20. The van der Waals surface area contributed by atoms with Crippen molar-refractivity contribution in [2.45, 2.75) is 0 Å². The van der Waals surface area contributed by atoms with Gasteiger partial charge in [-0.05, 0) is 18.2 Å². The molecule has 0 spiro atoms. The van der Waals surface area contributed by atoms with E-state index < -0.39 is 11.1 Å². The molecule has 2 heterocycles. The Bertz CT molecular complexity index is 830. The first-order valence-electron chi connectivity index (χ1n) is 4.78. The number of methoxy groups -OCH3 is 1. The number of nitrogens with one attached hydrogen (secondary N) is 1. The Balaban J connectivity index is 2.56. The second kappa shape index (κ2) is 3.42. The van der Waals surface area contributed by atoms with E-state index in [0.717, 1.165) is 4.70 Å². The molecule has 0 saturated carbocycles. The first kappa shape index (κ1) is 10.0. The minimum absolute atomic E-state index is 0.456. The number of nitrogens with zero attached hydrogens (tertiary/aromatic N) is 2. The third-order valence-electron chi connectivity index (χ3n) is 2.45. The maximum absolute atomic E-state index is 11.7. The first-order valence-corrected chi connectivity index (χ1v) is 5.60. The van der Waals surface area contributed by atoms with E-state index in [1.807, 2.05) is 0 Å². The fraction of sp³-hybridized carbons (Fsp3) is 0.100. The van der Waals surface area contributed by atoms with Crippen molar-refractivity contribution in [1.29, 1.82) is 0 Å². The molecule has 0 saturated heterocycles. The van der Waals surface area contributed by atoms with E-state index in [1.54, 1.807) is 25.3 Å². The van der Waals surface area contributed by atoms with Crippen LogP contribution >= 0.6 is 11.3 Å². The molecule has 1 aromatic carbocycles. The molecule has 0 unspecified atom stereocenters. The van der Waals surface area contributed by atoms with E-state index in [0.29, 0.717) is 16.2 Å². The fourth-order valence-electron chi connectivity index (χ4n) is 1.65. The van der Waals surface area contributed by atoms with Crippen molar-refractivity contribution in [2.24, 2.45) is 0 Å². The zero-order chi connectivity index (χ0) is 12.0. The van der Waals surface area contributed by atoms with Gasteiger partial charge in [-0.2, -0.15) is 0 Å². The molecule has 2 aromatic heterocycles. The van der Waals surface area contributed by atoms with Crippen molar-refractivity contribution in [3.8, 4) is 5.75 Å². The lowest BCUT2D eigenvalue weighted by Crippen LogP contribution is -2.33. The van der Waals surface area contributed by atoms with Crippen LogP contribution in [0.25, 0.3) is 15.2 Å². The van der Waals surface area contributed by atoms with Crippen LogP contribution in [-0.2, 0) is 0 Å². The summed E-state index contributed by atoms with van der Waals surface area (Å²) in [5.41, 5.74) is -0.682. The molecule has 0 amide bonds. The monoisotopic (exact) mass is 249 g/mol. The van der Waals surface area contributed by atoms with Gasteiger partial charge in [0.25, 0.3) is 0 Å². The van der Waals surface area contributed by atoms with E-state index in [2.05, 4.69) is 10.2 Å². The number of ether oxygens (including phenoxy) is 1. The Morgan fingerprint density at radius 2 is 2.24 bits per heavy atom. The van der Waals surface area contributed by atoms with Crippen LogP contribution in [0, 0.1) is 0 Å². The number of rotatable bonds is 1. The average Bonchev–Trinajstić information content (AvgIpc) is 2.71. The fourth-order valence-corrected chi connectivity index (χ4v) is 2.65.